The van der Waals surface area contributed by atoms with Crippen LogP contribution in [-0.4, -0.2) is 38.7 Å². The molecule has 2 nitrogen and oxygen atoms in total. The monoisotopic (exact) mass is 229 g/mol. The van der Waals surface area contributed by atoms with Crippen molar-refractivity contribution in [2.24, 2.45) is 0 Å². The number of hydrogen-bond donors (Lipinski definition) is 0. The predicted octanol–water partition coefficient (Wildman–Crippen LogP) is 3.50. The van der Waals surface area contributed by atoms with Gasteiger partial charge in [0, 0.05) is 13.1 Å². The van der Waals surface area contributed by atoms with Gasteiger partial charge in [0.05, 0.1) is 6.23 Å². The molecule has 0 aromatic rings. The van der Waals surface area contributed by atoms with Gasteiger partial charge in [-0.3, -0.25) is 4.90 Å². The van der Waals surface area contributed by atoms with E-state index in [9.17, 15) is 0 Å². The molecule has 0 aromatic carbocycles. The summed E-state index contributed by atoms with van der Waals surface area (Å²) in [6, 6.07) is 0. The molecule has 0 saturated heterocycles. The van der Waals surface area contributed by atoms with E-state index in [0.717, 1.165) is 0 Å². The summed E-state index contributed by atoms with van der Waals surface area (Å²) in [5, 5.41) is 2.51. The van der Waals surface area contributed by atoms with Crippen LogP contribution in [0.1, 0.15) is 47.5 Å². The largest absolute Gasteiger partial charge is 0.487 e. The average molecular weight is 229 g/mol. The molecular weight excluding hydrogens is 201 g/mol. The Morgan fingerprint density at radius 2 is 1.47 bits per heavy atom. The summed E-state index contributed by atoms with van der Waals surface area (Å²) in [7, 11) is 0. The molecule has 0 aliphatic rings. The maximum Gasteiger partial charge on any atom is 0.461 e. The van der Waals surface area contributed by atoms with E-state index in [-0.39, 0.29) is 0 Å². The molecule has 1 atom stereocenters. The standard InChI is InChI=1S/C8H18NO.2C2H5.Al/c1-4-6-9(7-5-2)8(3)10;2*1-2;/h8H,4-7H2,1-3H3;2*1H2,2H3;/q-1;;;+1. The van der Waals surface area contributed by atoms with Gasteiger partial charge in [-0.15, -0.1) is 0 Å². The smallest absolute Gasteiger partial charge is 0.461 e. The Labute approximate surface area is 101 Å². The van der Waals surface area contributed by atoms with E-state index in [2.05, 4.69) is 39.5 Å². The van der Waals surface area contributed by atoms with Crippen LogP contribution in [0.15, 0.2) is 0 Å². The van der Waals surface area contributed by atoms with Gasteiger partial charge in [-0.1, -0.05) is 38.3 Å². The van der Waals surface area contributed by atoms with E-state index >= 15 is 0 Å². The van der Waals surface area contributed by atoms with E-state index in [4.69, 9.17) is 3.79 Å². The highest BCUT2D eigenvalue weighted by molar-refractivity contribution is 6.51. The van der Waals surface area contributed by atoms with Crippen molar-refractivity contribution < 1.29 is 3.79 Å². The van der Waals surface area contributed by atoms with Crippen molar-refractivity contribution in [2.45, 2.75) is 64.3 Å². The summed E-state index contributed by atoms with van der Waals surface area (Å²) in [6.45, 7) is 13.6. The minimum atomic E-state index is -0.898. The van der Waals surface area contributed by atoms with E-state index in [0.29, 0.717) is 6.23 Å². The van der Waals surface area contributed by atoms with Crippen LogP contribution in [-0.2, 0) is 3.79 Å². The zero-order valence-corrected chi connectivity index (χ0v) is 12.4. The third kappa shape index (κ3) is 6.58. The summed E-state index contributed by atoms with van der Waals surface area (Å²) in [5.74, 6) is 0. The van der Waals surface area contributed by atoms with Crippen LogP contribution in [0.5, 0.6) is 0 Å². The van der Waals surface area contributed by atoms with Gasteiger partial charge in [-0.2, -0.15) is 0 Å². The van der Waals surface area contributed by atoms with Gasteiger partial charge in [0.15, 0.2) is 0 Å². The number of hydrogen-bond acceptors (Lipinski definition) is 2. The molecule has 3 heteroatoms. The predicted molar refractivity (Wildman–Crippen MR) is 69.4 cm³/mol. The molecule has 0 aliphatic heterocycles. The van der Waals surface area contributed by atoms with Crippen molar-refractivity contribution in [3.8, 4) is 0 Å². The van der Waals surface area contributed by atoms with E-state index in [1.807, 2.05) is 0 Å². The van der Waals surface area contributed by atoms with E-state index < -0.39 is 14.5 Å². The second-order valence-electron chi connectivity index (χ2n) is 4.21. The molecule has 0 aliphatic carbocycles. The molecule has 0 aromatic heterocycles. The Bertz CT molecular complexity index is 134. The highest BCUT2D eigenvalue weighted by Gasteiger charge is 2.21. The third-order valence-electron chi connectivity index (χ3n) is 2.84. The molecule has 0 rings (SSSR count). The number of rotatable bonds is 9. The van der Waals surface area contributed by atoms with Crippen molar-refractivity contribution >= 4 is 14.5 Å². The lowest BCUT2D eigenvalue weighted by Crippen LogP contribution is -2.39. The van der Waals surface area contributed by atoms with Gasteiger partial charge in [-0.05, 0) is 19.8 Å². The quantitative estimate of drug-likeness (QED) is 0.443. The summed E-state index contributed by atoms with van der Waals surface area (Å²) >= 11 is -0.898. The Morgan fingerprint density at radius 1 is 1.00 bits per heavy atom. The SMILES string of the molecule is CCCN(CCC)C(C)[O][Al]([CH2]C)[CH2]C. The van der Waals surface area contributed by atoms with E-state index in [1.165, 1.54) is 36.5 Å². The zero-order chi connectivity index (χ0) is 11.7. The molecule has 0 amide bonds. The Kier molecular flexibility index (Phi) is 9.95. The topological polar surface area (TPSA) is 12.5 Å². The maximum absolute atomic E-state index is 6.18. The molecule has 0 N–H and O–H groups in total. The minimum Gasteiger partial charge on any atom is -0.487 e. The Hall–Kier alpha value is 0.452. The number of nitrogens with zero attached hydrogens (tertiary/aromatic N) is 1. The minimum absolute atomic E-state index is 0.335. The fourth-order valence-electron chi connectivity index (χ4n) is 1.90. The van der Waals surface area contributed by atoms with Gasteiger partial charge in [0.25, 0.3) is 0 Å². The van der Waals surface area contributed by atoms with Crippen LogP contribution in [0.3, 0.4) is 0 Å². The second kappa shape index (κ2) is 9.66. The summed E-state index contributed by atoms with van der Waals surface area (Å²) < 4.78 is 6.18. The molecule has 0 radical (unpaired) electrons. The molecule has 90 valence electrons. The van der Waals surface area contributed by atoms with Crippen LogP contribution in [0.2, 0.25) is 10.6 Å². The highest BCUT2D eigenvalue weighted by atomic mass is 27.2. The van der Waals surface area contributed by atoms with Crippen LogP contribution in [0, 0.1) is 0 Å². The normalized spacial score (nSPS) is 13.2. The highest BCUT2D eigenvalue weighted by Crippen LogP contribution is 2.09. The van der Waals surface area contributed by atoms with Gasteiger partial charge in [0.1, 0.15) is 0 Å². The lowest BCUT2D eigenvalue weighted by Gasteiger charge is -2.31. The van der Waals surface area contributed by atoms with Crippen molar-refractivity contribution in [3.05, 3.63) is 0 Å². The molecular formula is C12H28AlNO. The van der Waals surface area contributed by atoms with Crippen molar-refractivity contribution in [3.63, 3.8) is 0 Å². The van der Waals surface area contributed by atoms with Crippen LogP contribution in [0.4, 0.5) is 0 Å². The van der Waals surface area contributed by atoms with Crippen molar-refractivity contribution in [1.29, 1.82) is 0 Å². The second-order valence-corrected chi connectivity index (χ2v) is 7.36. The van der Waals surface area contributed by atoms with Gasteiger partial charge < -0.3 is 3.79 Å². The fourth-order valence-corrected chi connectivity index (χ4v) is 3.59. The third-order valence-corrected chi connectivity index (χ3v) is 5.44. The zero-order valence-electron chi connectivity index (χ0n) is 11.3. The first-order valence-corrected chi connectivity index (χ1v) is 8.69. The first kappa shape index (κ1) is 15.5. The van der Waals surface area contributed by atoms with Crippen LogP contribution in [0.25, 0.3) is 0 Å². The Balaban J connectivity index is 4.04. The summed E-state index contributed by atoms with van der Waals surface area (Å²) in [5.41, 5.74) is 0. The summed E-state index contributed by atoms with van der Waals surface area (Å²) in [6.07, 6.45) is 2.78. The molecule has 15 heavy (non-hydrogen) atoms. The first-order chi connectivity index (χ1) is 7.19. The summed E-state index contributed by atoms with van der Waals surface area (Å²) in [4.78, 5) is 2.48. The van der Waals surface area contributed by atoms with Gasteiger partial charge in [0.2, 0.25) is 0 Å². The molecule has 0 bridgehead atoms. The maximum atomic E-state index is 6.18. The molecule has 0 fully saturated rings. The molecule has 0 heterocycles. The van der Waals surface area contributed by atoms with Crippen molar-refractivity contribution in [1.82, 2.24) is 4.90 Å². The van der Waals surface area contributed by atoms with Crippen LogP contribution >= 0.6 is 0 Å². The molecule has 0 spiro atoms. The lowest BCUT2D eigenvalue weighted by molar-refractivity contribution is 0.0370. The average Bonchev–Trinajstić information content (AvgIpc) is 2.25. The van der Waals surface area contributed by atoms with Gasteiger partial charge in [-0.25, -0.2) is 0 Å². The Morgan fingerprint density at radius 3 is 1.80 bits per heavy atom. The fraction of sp³-hybridized carbons (Fsp3) is 1.00. The van der Waals surface area contributed by atoms with E-state index in [1.54, 1.807) is 0 Å². The van der Waals surface area contributed by atoms with Crippen molar-refractivity contribution in [2.75, 3.05) is 13.1 Å². The molecule has 1 unspecified atom stereocenters. The van der Waals surface area contributed by atoms with Gasteiger partial charge >= 0.3 is 14.5 Å². The molecule has 0 saturated carbocycles. The lowest BCUT2D eigenvalue weighted by atomic mass is 10.3. The van der Waals surface area contributed by atoms with Crippen LogP contribution < -0.4 is 0 Å². The first-order valence-electron chi connectivity index (χ1n) is 6.58.